The SMILES string of the molecule is CC[Si](CCCCOC#N)(OC)OC. The maximum atomic E-state index is 8.15. The zero-order valence-corrected chi connectivity index (χ0v) is 10.2. The van der Waals surface area contributed by atoms with E-state index in [1.54, 1.807) is 20.5 Å². The van der Waals surface area contributed by atoms with Crippen LogP contribution in [0.15, 0.2) is 0 Å². The van der Waals surface area contributed by atoms with Crippen LogP contribution in [-0.2, 0) is 13.6 Å². The smallest absolute Gasteiger partial charge is 0.337 e. The Labute approximate surface area is 87.0 Å². The van der Waals surface area contributed by atoms with Gasteiger partial charge in [-0.3, -0.25) is 0 Å². The van der Waals surface area contributed by atoms with Crippen molar-refractivity contribution in [3.63, 3.8) is 0 Å². The number of rotatable bonds is 8. The fourth-order valence-corrected chi connectivity index (χ4v) is 3.66. The highest BCUT2D eigenvalue weighted by Crippen LogP contribution is 2.19. The van der Waals surface area contributed by atoms with Crippen molar-refractivity contribution in [2.24, 2.45) is 0 Å². The van der Waals surface area contributed by atoms with Gasteiger partial charge in [0.1, 0.15) is 6.61 Å². The van der Waals surface area contributed by atoms with E-state index in [1.807, 2.05) is 0 Å². The van der Waals surface area contributed by atoms with Crippen molar-refractivity contribution in [3.05, 3.63) is 0 Å². The van der Waals surface area contributed by atoms with Crippen LogP contribution in [0.5, 0.6) is 0 Å². The molecule has 0 aliphatic rings. The zero-order chi connectivity index (χ0) is 10.9. The van der Waals surface area contributed by atoms with Crippen LogP contribution < -0.4 is 0 Å². The lowest BCUT2D eigenvalue weighted by Crippen LogP contribution is -2.38. The predicted molar refractivity (Wildman–Crippen MR) is 55.9 cm³/mol. The van der Waals surface area contributed by atoms with Gasteiger partial charge in [-0.05, 0) is 24.9 Å². The van der Waals surface area contributed by atoms with Crippen LogP contribution >= 0.6 is 0 Å². The van der Waals surface area contributed by atoms with Crippen molar-refractivity contribution in [2.75, 3.05) is 20.8 Å². The molecule has 0 saturated carbocycles. The third-order valence-electron chi connectivity index (χ3n) is 2.40. The Balaban J connectivity index is 3.67. The molecule has 5 heteroatoms. The van der Waals surface area contributed by atoms with Gasteiger partial charge in [0, 0.05) is 14.2 Å². The van der Waals surface area contributed by atoms with Crippen molar-refractivity contribution < 1.29 is 13.6 Å². The van der Waals surface area contributed by atoms with Gasteiger partial charge in [0.05, 0.1) is 0 Å². The Bertz CT molecular complexity index is 169. The molecule has 0 aliphatic carbocycles. The molecule has 0 aromatic carbocycles. The first-order valence-electron chi connectivity index (χ1n) is 4.86. The quantitative estimate of drug-likeness (QED) is 0.354. The molecule has 0 bridgehead atoms. The monoisotopic (exact) mass is 217 g/mol. The van der Waals surface area contributed by atoms with Gasteiger partial charge in [-0.1, -0.05) is 6.92 Å². The van der Waals surface area contributed by atoms with Crippen molar-refractivity contribution in [2.45, 2.75) is 31.9 Å². The third kappa shape index (κ3) is 4.60. The maximum Gasteiger partial charge on any atom is 0.337 e. The van der Waals surface area contributed by atoms with Crippen LogP contribution in [0.3, 0.4) is 0 Å². The van der Waals surface area contributed by atoms with Crippen LogP contribution in [0, 0.1) is 11.5 Å². The predicted octanol–water partition coefficient (Wildman–Crippen LogP) is 2.02. The third-order valence-corrected chi connectivity index (χ3v) is 6.08. The molecule has 0 fully saturated rings. The number of hydrogen-bond donors (Lipinski definition) is 0. The number of nitrogens with zero attached hydrogens (tertiary/aromatic N) is 1. The molecule has 0 aromatic heterocycles. The van der Waals surface area contributed by atoms with Crippen molar-refractivity contribution in [3.8, 4) is 6.26 Å². The highest BCUT2D eigenvalue weighted by molar-refractivity contribution is 6.67. The van der Waals surface area contributed by atoms with E-state index in [2.05, 4.69) is 11.7 Å². The molecule has 0 spiro atoms. The highest BCUT2D eigenvalue weighted by Gasteiger charge is 2.32. The Kier molecular flexibility index (Phi) is 7.48. The van der Waals surface area contributed by atoms with Crippen LogP contribution in [0.4, 0.5) is 0 Å². The lowest BCUT2D eigenvalue weighted by Gasteiger charge is -2.25. The summed E-state index contributed by atoms with van der Waals surface area (Å²) in [5.41, 5.74) is 0. The summed E-state index contributed by atoms with van der Waals surface area (Å²) < 4.78 is 15.5. The van der Waals surface area contributed by atoms with E-state index in [4.69, 9.17) is 14.1 Å². The number of ether oxygens (including phenoxy) is 1. The lowest BCUT2D eigenvalue weighted by atomic mass is 10.4. The number of hydrogen-bond acceptors (Lipinski definition) is 4. The Morgan fingerprint density at radius 1 is 1.21 bits per heavy atom. The van der Waals surface area contributed by atoms with Gasteiger partial charge in [0.25, 0.3) is 6.26 Å². The van der Waals surface area contributed by atoms with Crippen molar-refractivity contribution in [1.82, 2.24) is 0 Å². The molecule has 4 nitrogen and oxygen atoms in total. The molecular weight excluding hydrogens is 198 g/mol. The van der Waals surface area contributed by atoms with Gasteiger partial charge in [0.15, 0.2) is 0 Å². The van der Waals surface area contributed by atoms with E-state index in [-0.39, 0.29) is 0 Å². The normalized spacial score (nSPS) is 11.0. The summed E-state index contributed by atoms with van der Waals surface area (Å²) in [7, 11) is 1.51. The Hall–Kier alpha value is -0.573. The summed E-state index contributed by atoms with van der Waals surface area (Å²) in [6.45, 7) is 2.59. The van der Waals surface area contributed by atoms with E-state index in [0.717, 1.165) is 24.9 Å². The van der Waals surface area contributed by atoms with E-state index < -0.39 is 8.56 Å². The van der Waals surface area contributed by atoms with Crippen LogP contribution in [0.1, 0.15) is 19.8 Å². The summed E-state index contributed by atoms with van der Waals surface area (Å²) in [5.74, 6) is 0. The lowest BCUT2D eigenvalue weighted by molar-refractivity contribution is 0.235. The molecule has 0 saturated heterocycles. The molecule has 0 atom stereocenters. The molecule has 0 heterocycles. The molecule has 0 amide bonds. The standard InChI is InChI=1S/C9H19NO3Si/c1-4-14(11-2,12-3)8-6-5-7-13-9-10/h4-8H2,1-3H3. The summed E-state index contributed by atoms with van der Waals surface area (Å²) in [6.07, 6.45) is 3.53. The summed E-state index contributed by atoms with van der Waals surface area (Å²) in [4.78, 5) is 0. The molecule has 14 heavy (non-hydrogen) atoms. The van der Waals surface area contributed by atoms with E-state index in [0.29, 0.717) is 6.61 Å². The van der Waals surface area contributed by atoms with Gasteiger partial charge in [-0.15, -0.1) is 0 Å². The van der Waals surface area contributed by atoms with Crippen LogP contribution in [0.25, 0.3) is 0 Å². The van der Waals surface area contributed by atoms with Gasteiger partial charge < -0.3 is 13.6 Å². The molecule has 0 N–H and O–H groups in total. The zero-order valence-electron chi connectivity index (χ0n) is 9.21. The second-order valence-electron chi connectivity index (χ2n) is 3.07. The van der Waals surface area contributed by atoms with Crippen LogP contribution in [-0.4, -0.2) is 29.4 Å². The molecule has 82 valence electrons. The summed E-state index contributed by atoms with van der Waals surface area (Å²) in [6, 6.07) is 1.92. The molecular formula is C9H19NO3Si. The first-order chi connectivity index (χ1) is 6.74. The molecule has 0 unspecified atom stereocenters. The maximum absolute atomic E-state index is 8.15. The summed E-state index contributed by atoms with van der Waals surface area (Å²) in [5, 5.41) is 8.15. The fourth-order valence-electron chi connectivity index (χ4n) is 1.37. The Morgan fingerprint density at radius 2 is 1.86 bits per heavy atom. The van der Waals surface area contributed by atoms with E-state index >= 15 is 0 Å². The van der Waals surface area contributed by atoms with Crippen molar-refractivity contribution in [1.29, 1.82) is 5.26 Å². The highest BCUT2D eigenvalue weighted by atomic mass is 28.4. The van der Waals surface area contributed by atoms with E-state index in [1.165, 1.54) is 0 Å². The number of unbranched alkanes of at least 4 members (excludes halogenated alkanes) is 1. The number of nitriles is 1. The first-order valence-corrected chi connectivity index (χ1v) is 7.09. The minimum absolute atomic E-state index is 0.498. The molecule has 0 aliphatic heterocycles. The molecule has 0 aromatic rings. The second kappa shape index (κ2) is 7.80. The van der Waals surface area contributed by atoms with Crippen LogP contribution in [0.2, 0.25) is 12.1 Å². The Morgan fingerprint density at radius 3 is 2.29 bits per heavy atom. The van der Waals surface area contributed by atoms with E-state index in [9.17, 15) is 0 Å². The average Bonchev–Trinajstić information content (AvgIpc) is 2.24. The largest absolute Gasteiger partial charge is 0.428 e. The summed E-state index contributed by atoms with van der Waals surface area (Å²) >= 11 is 0. The molecule has 0 radical (unpaired) electrons. The topological polar surface area (TPSA) is 51.5 Å². The second-order valence-corrected chi connectivity index (χ2v) is 6.91. The van der Waals surface area contributed by atoms with Gasteiger partial charge in [-0.2, -0.15) is 5.26 Å². The van der Waals surface area contributed by atoms with Gasteiger partial charge in [-0.25, -0.2) is 0 Å². The minimum atomic E-state index is -1.92. The van der Waals surface area contributed by atoms with Crippen molar-refractivity contribution >= 4 is 8.56 Å². The average molecular weight is 217 g/mol. The van der Waals surface area contributed by atoms with Gasteiger partial charge in [0.2, 0.25) is 0 Å². The van der Waals surface area contributed by atoms with Gasteiger partial charge >= 0.3 is 8.56 Å². The first kappa shape index (κ1) is 13.4. The fraction of sp³-hybridized carbons (Fsp3) is 0.889. The minimum Gasteiger partial charge on any atom is -0.428 e. The molecule has 0 rings (SSSR count).